The standard InChI is InChI=1S/C36H26S2.CHF3/c1-3-7-27(8-4-1)29-11-13-30(14-12-29)32-17-21-34(22-18-32)38-36-25-23-35(24-26-36)37-33-19-15-31(16-20-33)28-9-5-2-6-10-28;2-1(3)4/h1-26H;1H. The number of halogens is 3. The summed E-state index contributed by atoms with van der Waals surface area (Å²) >= 11 is 3.59. The highest BCUT2D eigenvalue weighted by Crippen LogP contribution is 2.34. The third-order valence-corrected chi connectivity index (χ3v) is 8.47. The zero-order chi connectivity index (χ0) is 29.1. The molecule has 0 aliphatic carbocycles. The van der Waals surface area contributed by atoms with Gasteiger partial charge in [0.05, 0.1) is 0 Å². The van der Waals surface area contributed by atoms with E-state index in [1.165, 1.54) is 53.0 Å². The zero-order valence-electron chi connectivity index (χ0n) is 22.5. The summed E-state index contributed by atoms with van der Waals surface area (Å²) in [6.45, 7) is -3.67. The minimum absolute atomic E-state index is 1.24. The highest BCUT2D eigenvalue weighted by molar-refractivity contribution is 7.99. The van der Waals surface area contributed by atoms with Gasteiger partial charge in [-0.05, 0) is 81.9 Å². The molecule has 6 rings (SSSR count). The van der Waals surface area contributed by atoms with E-state index in [2.05, 4.69) is 158 Å². The van der Waals surface area contributed by atoms with Gasteiger partial charge in [0.15, 0.2) is 0 Å². The van der Waals surface area contributed by atoms with E-state index in [4.69, 9.17) is 0 Å². The smallest absolute Gasteiger partial charge is 0.174 e. The topological polar surface area (TPSA) is 0 Å². The average Bonchev–Trinajstić information content (AvgIpc) is 3.03. The summed E-state index contributed by atoms with van der Waals surface area (Å²) in [4.78, 5) is 4.98. The van der Waals surface area contributed by atoms with Crippen molar-refractivity contribution in [2.45, 2.75) is 26.3 Å². The second kappa shape index (κ2) is 14.6. The Morgan fingerprint density at radius 1 is 0.286 bits per heavy atom. The molecule has 0 bridgehead atoms. The number of benzene rings is 6. The molecule has 208 valence electrons. The first kappa shape index (κ1) is 29.3. The summed E-state index contributed by atoms with van der Waals surface area (Å²) in [6, 6.07) is 56.3. The molecule has 0 radical (unpaired) electrons. The Kier molecular flexibility index (Phi) is 10.2. The summed E-state index contributed by atoms with van der Waals surface area (Å²) < 4.78 is 29.0. The largest absolute Gasteiger partial charge is 0.379 e. The molecule has 42 heavy (non-hydrogen) atoms. The monoisotopic (exact) mass is 592 g/mol. The summed E-state index contributed by atoms with van der Waals surface area (Å²) in [5.74, 6) is 0. The highest BCUT2D eigenvalue weighted by atomic mass is 32.2. The van der Waals surface area contributed by atoms with E-state index in [0.717, 1.165) is 0 Å². The van der Waals surface area contributed by atoms with Crippen molar-refractivity contribution in [3.05, 3.63) is 158 Å². The Morgan fingerprint density at radius 3 is 0.738 bits per heavy atom. The molecule has 0 heterocycles. The van der Waals surface area contributed by atoms with Crippen LogP contribution in [-0.4, -0.2) is 6.68 Å². The van der Waals surface area contributed by atoms with Crippen LogP contribution in [0.25, 0.3) is 33.4 Å². The van der Waals surface area contributed by atoms with Crippen molar-refractivity contribution in [3.8, 4) is 33.4 Å². The van der Waals surface area contributed by atoms with Crippen molar-refractivity contribution >= 4 is 23.5 Å². The maximum Gasteiger partial charge on any atom is 0.379 e. The van der Waals surface area contributed by atoms with Gasteiger partial charge in [-0.15, -0.1) is 0 Å². The zero-order valence-corrected chi connectivity index (χ0v) is 24.2. The fourth-order valence-corrected chi connectivity index (χ4v) is 6.03. The maximum absolute atomic E-state index is 9.67. The van der Waals surface area contributed by atoms with Crippen LogP contribution in [0.1, 0.15) is 0 Å². The molecule has 0 aromatic heterocycles. The second-order valence-corrected chi connectivity index (χ2v) is 11.6. The van der Waals surface area contributed by atoms with Crippen molar-refractivity contribution in [3.63, 3.8) is 0 Å². The summed E-state index contributed by atoms with van der Waals surface area (Å²) in [7, 11) is 0. The van der Waals surface area contributed by atoms with Gasteiger partial charge in [-0.1, -0.05) is 133 Å². The summed E-state index contributed by atoms with van der Waals surface area (Å²) in [6.07, 6.45) is 0. The van der Waals surface area contributed by atoms with Gasteiger partial charge < -0.3 is 0 Å². The molecule has 0 amide bonds. The van der Waals surface area contributed by atoms with Gasteiger partial charge in [-0.3, -0.25) is 0 Å². The van der Waals surface area contributed by atoms with E-state index in [-0.39, 0.29) is 0 Å². The van der Waals surface area contributed by atoms with E-state index in [1.807, 2.05) is 0 Å². The number of alkyl halides is 3. The summed E-state index contributed by atoms with van der Waals surface area (Å²) in [5.41, 5.74) is 7.46. The lowest BCUT2D eigenvalue weighted by Crippen LogP contribution is -1.81. The maximum atomic E-state index is 9.67. The van der Waals surface area contributed by atoms with Gasteiger partial charge in [0.2, 0.25) is 0 Å². The number of rotatable bonds is 7. The van der Waals surface area contributed by atoms with Crippen LogP contribution in [0.5, 0.6) is 0 Å². The van der Waals surface area contributed by atoms with E-state index in [0.29, 0.717) is 0 Å². The quantitative estimate of drug-likeness (QED) is 0.181. The molecule has 0 aliphatic heterocycles. The second-order valence-electron chi connectivity index (χ2n) is 9.28. The van der Waals surface area contributed by atoms with Crippen molar-refractivity contribution in [1.29, 1.82) is 0 Å². The molecule has 6 aromatic rings. The molecule has 0 nitrogen and oxygen atoms in total. The van der Waals surface area contributed by atoms with Gasteiger partial charge in [-0.2, -0.15) is 13.2 Å². The number of hydrogen-bond acceptors (Lipinski definition) is 2. The average molecular weight is 593 g/mol. The van der Waals surface area contributed by atoms with Crippen molar-refractivity contribution in [1.82, 2.24) is 0 Å². The molecule has 0 unspecified atom stereocenters. The van der Waals surface area contributed by atoms with Gasteiger partial charge in [0.1, 0.15) is 0 Å². The van der Waals surface area contributed by atoms with Crippen LogP contribution in [0.3, 0.4) is 0 Å². The minimum Gasteiger partial charge on any atom is -0.174 e. The molecule has 0 atom stereocenters. The molecular formula is C37H27F3S2. The number of hydrogen-bond donors (Lipinski definition) is 0. The molecule has 5 heteroatoms. The van der Waals surface area contributed by atoms with Crippen LogP contribution < -0.4 is 0 Å². The van der Waals surface area contributed by atoms with E-state index >= 15 is 0 Å². The van der Waals surface area contributed by atoms with Crippen molar-refractivity contribution < 1.29 is 13.2 Å². The molecule has 6 aromatic carbocycles. The first-order chi connectivity index (χ1) is 20.5. The van der Waals surface area contributed by atoms with E-state index in [9.17, 15) is 13.2 Å². The molecule has 0 N–H and O–H groups in total. The van der Waals surface area contributed by atoms with Crippen LogP contribution in [0.2, 0.25) is 0 Å². The van der Waals surface area contributed by atoms with E-state index < -0.39 is 6.68 Å². The molecular weight excluding hydrogens is 566 g/mol. The molecule has 0 fully saturated rings. The first-order valence-electron chi connectivity index (χ1n) is 13.3. The van der Waals surface area contributed by atoms with E-state index in [1.54, 1.807) is 23.5 Å². The van der Waals surface area contributed by atoms with Crippen LogP contribution >= 0.6 is 23.5 Å². The Hall–Kier alpha value is -4.19. The third-order valence-electron chi connectivity index (χ3n) is 6.44. The fourth-order valence-electron chi connectivity index (χ4n) is 4.40. The van der Waals surface area contributed by atoms with Crippen molar-refractivity contribution in [2.75, 3.05) is 0 Å². The molecule has 0 saturated carbocycles. The van der Waals surface area contributed by atoms with Crippen LogP contribution in [0.15, 0.2) is 177 Å². The third kappa shape index (κ3) is 8.41. The molecule has 0 aliphatic rings. The van der Waals surface area contributed by atoms with Gasteiger partial charge in [0, 0.05) is 19.6 Å². The van der Waals surface area contributed by atoms with Crippen LogP contribution in [0.4, 0.5) is 13.2 Å². The predicted octanol–water partition coefficient (Wildman–Crippen LogP) is 12.2. The van der Waals surface area contributed by atoms with Crippen molar-refractivity contribution in [2.24, 2.45) is 0 Å². The Morgan fingerprint density at radius 2 is 0.476 bits per heavy atom. The van der Waals surface area contributed by atoms with Gasteiger partial charge >= 0.3 is 6.68 Å². The molecule has 0 saturated heterocycles. The first-order valence-corrected chi connectivity index (χ1v) is 15.0. The SMILES string of the molecule is FC(F)F.c1ccc(-c2ccc(Sc3ccc(Sc4ccc(-c5ccc(-c6ccccc6)cc5)cc4)cc3)cc2)cc1. The molecule has 0 spiro atoms. The fraction of sp³-hybridized carbons (Fsp3) is 0.0270. The Balaban J connectivity index is 0.000000830. The minimum atomic E-state index is -3.67. The lowest BCUT2D eigenvalue weighted by atomic mass is 10.0. The predicted molar refractivity (Wildman–Crippen MR) is 171 cm³/mol. The van der Waals surface area contributed by atoms with Gasteiger partial charge in [-0.25, -0.2) is 0 Å². The lowest BCUT2D eigenvalue weighted by molar-refractivity contribution is 0.00819. The summed E-state index contributed by atoms with van der Waals surface area (Å²) in [5, 5.41) is 0. The lowest BCUT2D eigenvalue weighted by Gasteiger charge is -2.08. The Bertz CT molecular complexity index is 1650. The van der Waals surface area contributed by atoms with Crippen LogP contribution in [0, 0.1) is 0 Å². The van der Waals surface area contributed by atoms with Gasteiger partial charge in [0.25, 0.3) is 0 Å². The van der Waals surface area contributed by atoms with Crippen LogP contribution in [-0.2, 0) is 0 Å². The normalized spacial score (nSPS) is 10.7. The Labute approximate surface area is 253 Å². The highest BCUT2D eigenvalue weighted by Gasteiger charge is 2.04.